The molecule has 3 rings (SSSR count). The molecule has 9 heteroatoms. The number of phenolic OH excluding ortho intramolecular Hbond substituents is 1. The molecule has 2 aromatic carbocycles. The van der Waals surface area contributed by atoms with Gasteiger partial charge in [-0.15, -0.1) is 23.2 Å². The Morgan fingerprint density at radius 2 is 1.91 bits per heavy atom. The molecule has 0 fully saturated rings. The van der Waals surface area contributed by atoms with Crippen molar-refractivity contribution in [2.24, 2.45) is 5.10 Å². The van der Waals surface area contributed by atoms with Gasteiger partial charge in [-0.2, -0.15) is 5.10 Å². The zero-order valence-electron chi connectivity index (χ0n) is 17.5. The lowest BCUT2D eigenvalue weighted by Crippen LogP contribution is -2.27. The van der Waals surface area contributed by atoms with Gasteiger partial charge in [0.05, 0.1) is 12.6 Å². The second kappa shape index (κ2) is 11.0. The lowest BCUT2D eigenvalue weighted by Gasteiger charge is -2.23. The molecule has 0 aliphatic carbocycles. The number of aromatic hydroxyl groups is 1. The number of hydrogen-bond donors (Lipinski definition) is 2. The van der Waals surface area contributed by atoms with Gasteiger partial charge >= 0.3 is 5.63 Å². The number of aryl methyl sites for hydroxylation is 1. The molecule has 0 atom stereocenters. The Hall–Kier alpha value is -3.03. The van der Waals surface area contributed by atoms with E-state index in [-0.39, 0.29) is 23.7 Å². The van der Waals surface area contributed by atoms with E-state index >= 15 is 0 Å². The number of carbonyl (C=O) groups excluding carboxylic acids is 1. The number of carbonyl (C=O) groups is 1. The number of nitrogens with one attached hydrogen (secondary N) is 1. The van der Waals surface area contributed by atoms with Crippen LogP contribution in [0.3, 0.4) is 0 Å². The zero-order chi connectivity index (χ0) is 23.1. The number of benzene rings is 2. The molecule has 2 N–H and O–H groups in total. The summed E-state index contributed by atoms with van der Waals surface area (Å²) in [5.74, 6) is 0.600. The van der Waals surface area contributed by atoms with Gasteiger partial charge in [0, 0.05) is 48.1 Å². The number of nitrogens with zero attached hydrogens (tertiary/aromatic N) is 2. The molecular formula is C23H23Cl2N3O4. The van der Waals surface area contributed by atoms with E-state index in [1.165, 1.54) is 18.2 Å². The second-order valence-corrected chi connectivity index (χ2v) is 7.90. The molecule has 7 nitrogen and oxygen atoms in total. The minimum absolute atomic E-state index is 0.0262. The third-order valence-corrected chi connectivity index (χ3v) is 5.22. The number of fused-ring (bicyclic) bond motifs is 1. The molecular weight excluding hydrogens is 453 g/mol. The third kappa shape index (κ3) is 6.02. The summed E-state index contributed by atoms with van der Waals surface area (Å²) in [6.07, 6.45) is 1.51. The lowest BCUT2D eigenvalue weighted by molar-refractivity contribution is -0.120. The Bertz CT molecular complexity index is 1190. The Kier molecular flexibility index (Phi) is 8.14. The summed E-state index contributed by atoms with van der Waals surface area (Å²) < 4.78 is 5.08. The number of hydrogen-bond acceptors (Lipinski definition) is 6. The van der Waals surface area contributed by atoms with Gasteiger partial charge in [-0.25, -0.2) is 10.2 Å². The molecule has 0 bridgehead atoms. The normalized spacial score (nSPS) is 11.2. The van der Waals surface area contributed by atoms with Crippen LogP contribution in [0.2, 0.25) is 0 Å². The Balaban J connectivity index is 1.68. The molecule has 168 valence electrons. The summed E-state index contributed by atoms with van der Waals surface area (Å²) in [4.78, 5) is 26.2. The number of alkyl halides is 2. The van der Waals surface area contributed by atoms with Gasteiger partial charge in [-0.1, -0.05) is 6.07 Å². The highest BCUT2D eigenvalue weighted by Gasteiger charge is 2.11. The van der Waals surface area contributed by atoms with E-state index in [2.05, 4.69) is 15.4 Å². The summed E-state index contributed by atoms with van der Waals surface area (Å²) in [5.41, 5.74) is 5.46. The first kappa shape index (κ1) is 23.6. The molecule has 1 aromatic heterocycles. The van der Waals surface area contributed by atoms with Crippen molar-refractivity contribution in [2.45, 2.75) is 13.3 Å². The fourth-order valence-electron chi connectivity index (χ4n) is 3.33. The van der Waals surface area contributed by atoms with E-state index in [1.54, 1.807) is 12.3 Å². The quantitative estimate of drug-likeness (QED) is 0.212. The number of hydrazone groups is 1. The molecule has 0 saturated carbocycles. The van der Waals surface area contributed by atoms with E-state index in [9.17, 15) is 14.7 Å². The van der Waals surface area contributed by atoms with Crippen LogP contribution in [0, 0.1) is 6.92 Å². The highest BCUT2D eigenvalue weighted by molar-refractivity contribution is 6.18. The van der Waals surface area contributed by atoms with Gasteiger partial charge in [0.25, 0.3) is 0 Å². The molecule has 0 radical (unpaired) electrons. The van der Waals surface area contributed by atoms with Crippen LogP contribution in [0.5, 0.6) is 5.75 Å². The van der Waals surface area contributed by atoms with Crippen molar-refractivity contribution in [3.8, 4) is 5.75 Å². The number of rotatable bonds is 9. The van der Waals surface area contributed by atoms with Crippen molar-refractivity contribution in [3.63, 3.8) is 0 Å². The summed E-state index contributed by atoms with van der Waals surface area (Å²) in [6, 6.07) is 11.6. The SMILES string of the molecule is Cc1cc(N(CCCl)CCCl)ccc1/C=N/NC(=O)Cc1cc(=O)oc2cc(O)ccc12. The monoisotopic (exact) mass is 475 g/mol. The van der Waals surface area contributed by atoms with Crippen LogP contribution in [-0.4, -0.2) is 42.1 Å². The van der Waals surface area contributed by atoms with E-state index in [0.29, 0.717) is 35.8 Å². The fourth-order valence-corrected chi connectivity index (χ4v) is 3.73. The minimum Gasteiger partial charge on any atom is -0.508 e. The highest BCUT2D eigenvalue weighted by Crippen LogP contribution is 2.22. The van der Waals surface area contributed by atoms with Gasteiger partial charge in [0.2, 0.25) is 5.91 Å². The lowest BCUT2D eigenvalue weighted by atomic mass is 10.1. The van der Waals surface area contributed by atoms with Crippen LogP contribution >= 0.6 is 23.2 Å². The van der Waals surface area contributed by atoms with Gasteiger partial charge in [0.1, 0.15) is 11.3 Å². The minimum atomic E-state index is -0.595. The highest BCUT2D eigenvalue weighted by atomic mass is 35.5. The van der Waals surface area contributed by atoms with Gasteiger partial charge in [-0.05, 0) is 47.9 Å². The van der Waals surface area contributed by atoms with Crippen LogP contribution in [0.15, 0.2) is 56.8 Å². The van der Waals surface area contributed by atoms with Crippen LogP contribution in [-0.2, 0) is 11.2 Å². The molecule has 0 unspecified atom stereocenters. The largest absolute Gasteiger partial charge is 0.508 e. The molecule has 32 heavy (non-hydrogen) atoms. The Morgan fingerprint density at radius 3 is 2.59 bits per heavy atom. The van der Waals surface area contributed by atoms with Gasteiger partial charge < -0.3 is 14.4 Å². The zero-order valence-corrected chi connectivity index (χ0v) is 19.0. The predicted molar refractivity (Wildman–Crippen MR) is 128 cm³/mol. The van der Waals surface area contributed by atoms with Crippen molar-refractivity contribution >= 4 is 52.0 Å². The average Bonchev–Trinajstić information content (AvgIpc) is 2.74. The fraction of sp³-hybridized carbons (Fsp3) is 0.261. The topological polar surface area (TPSA) is 95.1 Å². The number of anilines is 1. The third-order valence-electron chi connectivity index (χ3n) is 4.89. The van der Waals surface area contributed by atoms with E-state index < -0.39 is 5.63 Å². The second-order valence-electron chi connectivity index (χ2n) is 7.15. The van der Waals surface area contributed by atoms with E-state index in [0.717, 1.165) is 16.8 Å². The molecule has 1 amide bonds. The van der Waals surface area contributed by atoms with E-state index in [1.807, 2.05) is 25.1 Å². The summed E-state index contributed by atoms with van der Waals surface area (Å²) in [7, 11) is 0. The average molecular weight is 476 g/mol. The van der Waals surface area contributed by atoms with Crippen molar-refractivity contribution in [3.05, 3.63) is 69.6 Å². The Morgan fingerprint density at radius 1 is 1.16 bits per heavy atom. The molecule has 0 aliphatic rings. The maximum atomic E-state index is 12.4. The first-order valence-corrected chi connectivity index (χ1v) is 11.0. The van der Waals surface area contributed by atoms with Crippen LogP contribution in [0.25, 0.3) is 11.0 Å². The summed E-state index contributed by atoms with van der Waals surface area (Å²) in [5, 5.41) is 14.2. The first-order chi connectivity index (χ1) is 15.4. The van der Waals surface area contributed by atoms with Gasteiger partial charge in [0.15, 0.2) is 0 Å². The molecule has 0 aliphatic heterocycles. The summed E-state index contributed by atoms with van der Waals surface area (Å²) in [6.45, 7) is 3.35. The smallest absolute Gasteiger partial charge is 0.336 e. The van der Waals surface area contributed by atoms with Crippen molar-refractivity contribution < 1.29 is 14.3 Å². The number of amides is 1. The van der Waals surface area contributed by atoms with Crippen LogP contribution < -0.4 is 16.0 Å². The number of halogens is 2. The summed E-state index contributed by atoms with van der Waals surface area (Å²) >= 11 is 11.8. The van der Waals surface area contributed by atoms with Gasteiger partial charge in [-0.3, -0.25) is 4.79 Å². The van der Waals surface area contributed by atoms with E-state index in [4.69, 9.17) is 27.6 Å². The number of phenols is 1. The van der Waals surface area contributed by atoms with Crippen molar-refractivity contribution in [2.75, 3.05) is 29.7 Å². The Labute approximate surface area is 195 Å². The predicted octanol–water partition coefficient (Wildman–Crippen LogP) is 3.78. The molecule has 0 spiro atoms. The molecule has 0 saturated heterocycles. The molecule has 1 heterocycles. The maximum Gasteiger partial charge on any atom is 0.336 e. The van der Waals surface area contributed by atoms with Crippen molar-refractivity contribution in [1.29, 1.82) is 0 Å². The molecule has 3 aromatic rings. The standard InChI is InChI=1S/C23H23Cl2N3O4/c1-15-10-18(28(8-6-24)9-7-25)3-2-16(15)14-26-27-22(30)11-17-12-23(31)32-21-13-19(29)4-5-20(17)21/h2-5,10,12-14,29H,6-9,11H2,1H3,(H,27,30)/b26-14+. The van der Waals surface area contributed by atoms with Crippen LogP contribution in [0.4, 0.5) is 5.69 Å². The first-order valence-electron chi connectivity index (χ1n) is 9.96. The van der Waals surface area contributed by atoms with Crippen LogP contribution in [0.1, 0.15) is 16.7 Å². The maximum absolute atomic E-state index is 12.4. The van der Waals surface area contributed by atoms with Crippen molar-refractivity contribution in [1.82, 2.24) is 5.43 Å².